The zero-order valence-electron chi connectivity index (χ0n) is 17.0. The van der Waals surface area contributed by atoms with E-state index in [0.717, 1.165) is 12.8 Å². The molecule has 3 nitrogen and oxygen atoms in total. The number of esters is 1. The van der Waals surface area contributed by atoms with Gasteiger partial charge in [0.2, 0.25) is 0 Å². The smallest absolute Gasteiger partial charge is 0.317 e. The second-order valence-corrected chi connectivity index (χ2v) is 7.93. The lowest BCUT2D eigenvalue weighted by Crippen LogP contribution is -2.39. The number of benzene rings is 2. The number of rotatable bonds is 8. The van der Waals surface area contributed by atoms with E-state index in [2.05, 4.69) is 27.7 Å². The van der Waals surface area contributed by atoms with Crippen molar-refractivity contribution in [2.75, 3.05) is 0 Å². The first-order valence-corrected chi connectivity index (χ1v) is 9.70. The summed E-state index contributed by atoms with van der Waals surface area (Å²) in [5.74, 6) is 0.863. The van der Waals surface area contributed by atoms with Gasteiger partial charge in [-0.15, -0.1) is 0 Å². The van der Waals surface area contributed by atoms with Crippen molar-refractivity contribution in [1.82, 2.24) is 0 Å². The highest BCUT2D eigenvalue weighted by molar-refractivity contribution is 6.09. The lowest BCUT2D eigenvalue weighted by atomic mass is 9.71. The van der Waals surface area contributed by atoms with Crippen molar-refractivity contribution < 1.29 is 14.3 Å². The fourth-order valence-electron chi connectivity index (χ4n) is 3.44. The Bertz CT molecular complexity index is 762. The average Bonchev–Trinajstić information content (AvgIpc) is 2.67. The number of ether oxygens (including phenoxy) is 1. The molecule has 2 rings (SSSR count). The van der Waals surface area contributed by atoms with Crippen LogP contribution in [0.1, 0.15) is 63.4 Å². The molecule has 0 amide bonds. The van der Waals surface area contributed by atoms with Crippen LogP contribution in [0.15, 0.2) is 54.6 Å². The summed E-state index contributed by atoms with van der Waals surface area (Å²) >= 11 is 0. The quantitative estimate of drug-likeness (QED) is 0.331. The summed E-state index contributed by atoms with van der Waals surface area (Å²) in [6.45, 7) is 10.4. The third-order valence-electron chi connectivity index (χ3n) is 5.36. The Kier molecular flexibility index (Phi) is 6.95. The third kappa shape index (κ3) is 5.06. The predicted octanol–water partition coefficient (Wildman–Crippen LogP) is 5.92. The maximum atomic E-state index is 12.9. The second kappa shape index (κ2) is 8.98. The fraction of sp³-hybridized carbons (Fsp3) is 0.417. The summed E-state index contributed by atoms with van der Waals surface area (Å²) in [6, 6.07) is 16.0. The van der Waals surface area contributed by atoms with E-state index in [0.29, 0.717) is 22.8 Å². The zero-order chi connectivity index (χ0) is 20.0. The molecule has 27 heavy (non-hydrogen) atoms. The molecule has 0 bridgehead atoms. The Hall–Kier alpha value is -2.42. The van der Waals surface area contributed by atoms with E-state index in [9.17, 15) is 9.59 Å². The van der Waals surface area contributed by atoms with Crippen LogP contribution in [0.2, 0.25) is 0 Å². The van der Waals surface area contributed by atoms with Crippen molar-refractivity contribution in [1.29, 1.82) is 0 Å². The van der Waals surface area contributed by atoms with Crippen LogP contribution in [0.3, 0.4) is 0 Å². The maximum absolute atomic E-state index is 12.9. The monoisotopic (exact) mass is 366 g/mol. The van der Waals surface area contributed by atoms with Gasteiger partial charge in [0.15, 0.2) is 5.78 Å². The molecular weight excluding hydrogens is 336 g/mol. The molecule has 0 saturated carbocycles. The Morgan fingerprint density at radius 2 is 1.48 bits per heavy atom. The minimum absolute atomic E-state index is 0.0438. The number of carbonyl (C=O) groups excluding carboxylic acids is 2. The minimum atomic E-state index is -0.526. The van der Waals surface area contributed by atoms with E-state index in [4.69, 9.17) is 4.74 Å². The molecule has 3 heteroatoms. The number of hydrogen-bond donors (Lipinski definition) is 0. The topological polar surface area (TPSA) is 43.4 Å². The van der Waals surface area contributed by atoms with Crippen LogP contribution in [-0.2, 0) is 4.79 Å². The zero-order valence-corrected chi connectivity index (χ0v) is 17.0. The van der Waals surface area contributed by atoms with Gasteiger partial charge >= 0.3 is 5.97 Å². The maximum Gasteiger partial charge on any atom is 0.317 e. The molecule has 0 heterocycles. The lowest BCUT2D eigenvalue weighted by Gasteiger charge is -2.34. The van der Waals surface area contributed by atoms with Gasteiger partial charge in [0, 0.05) is 11.1 Å². The molecular formula is C24H30O3. The molecule has 0 aliphatic rings. The van der Waals surface area contributed by atoms with Crippen LogP contribution in [0.25, 0.3) is 0 Å². The Morgan fingerprint density at radius 1 is 0.926 bits per heavy atom. The van der Waals surface area contributed by atoms with E-state index >= 15 is 0 Å². The molecule has 2 aromatic carbocycles. The van der Waals surface area contributed by atoms with Gasteiger partial charge in [0.25, 0.3) is 0 Å². The largest absolute Gasteiger partial charge is 0.426 e. The summed E-state index contributed by atoms with van der Waals surface area (Å²) < 4.78 is 5.69. The highest BCUT2D eigenvalue weighted by atomic mass is 16.5. The second-order valence-electron chi connectivity index (χ2n) is 7.93. The van der Waals surface area contributed by atoms with Crippen molar-refractivity contribution in [3.05, 3.63) is 65.7 Å². The standard InChI is InChI=1S/C24H30O3/c1-6-18(4)24(5,16-17(2)3)23(26)27-21-14-12-20(13-15-21)22(25)19-10-8-7-9-11-19/h7-15,17-18H,6,16H2,1-5H3. The van der Waals surface area contributed by atoms with Gasteiger partial charge in [-0.2, -0.15) is 0 Å². The van der Waals surface area contributed by atoms with Crippen LogP contribution in [-0.4, -0.2) is 11.8 Å². The van der Waals surface area contributed by atoms with Crippen molar-refractivity contribution in [3.8, 4) is 5.75 Å². The number of carbonyl (C=O) groups is 2. The highest BCUT2D eigenvalue weighted by Crippen LogP contribution is 2.38. The van der Waals surface area contributed by atoms with Crippen molar-refractivity contribution in [2.45, 2.75) is 47.5 Å². The molecule has 0 N–H and O–H groups in total. The molecule has 0 aliphatic carbocycles. The highest BCUT2D eigenvalue weighted by Gasteiger charge is 2.40. The first kappa shape index (κ1) is 20.9. The molecule has 2 aromatic rings. The Labute approximate surface area is 162 Å². The average molecular weight is 367 g/mol. The van der Waals surface area contributed by atoms with E-state index in [1.807, 2.05) is 25.1 Å². The molecule has 0 aromatic heterocycles. The number of ketones is 1. The molecule has 0 radical (unpaired) electrons. The van der Waals surface area contributed by atoms with Crippen LogP contribution >= 0.6 is 0 Å². The summed E-state index contributed by atoms with van der Waals surface area (Å²) in [5.41, 5.74) is 0.693. The third-order valence-corrected chi connectivity index (χ3v) is 5.36. The van der Waals surface area contributed by atoms with Crippen LogP contribution < -0.4 is 4.74 Å². The predicted molar refractivity (Wildman–Crippen MR) is 109 cm³/mol. The molecule has 144 valence electrons. The van der Waals surface area contributed by atoms with E-state index < -0.39 is 5.41 Å². The summed E-state index contributed by atoms with van der Waals surface area (Å²) in [4.78, 5) is 25.4. The van der Waals surface area contributed by atoms with Crippen LogP contribution in [0.5, 0.6) is 5.75 Å². The summed E-state index contributed by atoms with van der Waals surface area (Å²) in [6.07, 6.45) is 1.70. The van der Waals surface area contributed by atoms with Gasteiger partial charge in [0.05, 0.1) is 5.41 Å². The first-order chi connectivity index (χ1) is 12.8. The summed E-state index contributed by atoms with van der Waals surface area (Å²) in [5, 5.41) is 0. The summed E-state index contributed by atoms with van der Waals surface area (Å²) in [7, 11) is 0. The SMILES string of the molecule is CCC(C)C(C)(CC(C)C)C(=O)Oc1ccc(C(=O)c2ccccc2)cc1. The molecule has 0 spiro atoms. The first-order valence-electron chi connectivity index (χ1n) is 9.70. The molecule has 2 unspecified atom stereocenters. The van der Waals surface area contributed by atoms with E-state index in [1.165, 1.54) is 0 Å². The minimum Gasteiger partial charge on any atom is -0.426 e. The van der Waals surface area contributed by atoms with Gasteiger partial charge in [-0.3, -0.25) is 9.59 Å². The lowest BCUT2D eigenvalue weighted by molar-refractivity contribution is -0.149. The van der Waals surface area contributed by atoms with Crippen molar-refractivity contribution in [3.63, 3.8) is 0 Å². The number of hydrogen-bond acceptors (Lipinski definition) is 3. The Balaban J connectivity index is 2.15. The fourth-order valence-corrected chi connectivity index (χ4v) is 3.44. The Morgan fingerprint density at radius 3 is 2.00 bits per heavy atom. The van der Waals surface area contributed by atoms with Gasteiger partial charge in [-0.25, -0.2) is 0 Å². The molecule has 0 fully saturated rings. The van der Waals surface area contributed by atoms with Crippen molar-refractivity contribution >= 4 is 11.8 Å². The molecule has 0 aliphatic heterocycles. The van der Waals surface area contributed by atoms with Gasteiger partial charge < -0.3 is 4.74 Å². The molecule has 2 atom stereocenters. The normalized spacial score (nSPS) is 14.4. The molecule has 0 saturated heterocycles. The van der Waals surface area contributed by atoms with Crippen LogP contribution in [0, 0.1) is 17.3 Å². The van der Waals surface area contributed by atoms with Gasteiger partial charge in [-0.1, -0.05) is 64.4 Å². The van der Waals surface area contributed by atoms with Gasteiger partial charge in [-0.05, 0) is 49.4 Å². The van der Waals surface area contributed by atoms with E-state index in [1.54, 1.807) is 36.4 Å². The van der Waals surface area contributed by atoms with Crippen LogP contribution in [0.4, 0.5) is 0 Å². The van der Waals surface area contributed by atoms with E-state index in [-0.39, 0.29) is 17.7 Å². The van der Waals surface area contributed by atoms with Gasteiger partial charge in [0.1, 0.15) is 5.75 Å². The van der Waals surface area contributed by atoms with Crippen molar-refractivity contribution in [2.24, 2.45) is 17.3 Å².